The summed E-state index contributed by atoms with van der Waals surface area (Å²) in [5.41, 5.74) is 4.28. The van der Waals surface area contributed by atoms with E-state index in [1.165, 1.54) is 0 Å². The fourth-order valence-corrected chi connectivity index (χ4v) is 3.19. The maximum Gasteiger partial charge on any atom is 0.231 e. The number of benzene rings is 2. The Balaban J connectivity index is 2.02. The average molecular weight is 391 g/mol. The zero-order valence-corrected chi connectivity index (χ0v) is 14.0. The Morgan fingerprint density at radius 2 is 2.00 bits per heavy atom. The van der Waals surface area contributed by atoms with Crippen LogP contribution in [-0.4, -0.2) is 18.7 Å². The molecule has 0 unspecified atom stereocenters. The summed E-state index contributed by atoms with van der Waals surface area (Å²) in [5, 5.41) is 0. The van der Waals surface area contributed by atoms with Gasteiger partial charge in [0, 0.05) is 27.4 Å². The first-order chi connectivity index (χ1) is 9.99. The molecule has 3 rings (SSSR count). The van der Waals surface area contributed by atoms with E-state index in [4.69, 9.17) is 0 Å². The zero-order valence-electron chi connectivity index (χ0n) is 11.8. The molecule has 0 aromatic heterocycles. The van der Waals surface area contributed by atoms with Crippen LogP contribution in [0.25, 0.3) is 0 Å². The van der Waals surface area contributed by atoms with Gasteiger partial charge < -0.3 is 4.90 Å². The van der Waals surface area contributed by atoms with Crippen molar-refractivity contribution >= 4 is 40.0 Å². The van der Waals surface area contributed by atoms with Gasteiger partial charge in [-0.25, -0.2) is 0 Å². The fraction of sp³-hybridized carbons (Fsp3) is 0.176. The number of anilines is 1. The normalized spacial score (nSPS) is 13.5. The van der Waals surface area contributed by atoms with Crippen molar-refractivity contribution in [3.63, 3.8) is 0 Å². The number of amides is 1. The number of halogens is 1. The van der Waals surface area contributed by atoms with Crippen LogP contribution < -0.4 is 4.90 Å². The maximum atomic E-state index is 12.7. The van der Waals surface area contributed by atoms with Crippen LogP contribution in [0.15, 0.2) is 36.4 Å². The van der Waals surface area contributed by atoms with E-state index in [9.17, 15) is 9.59 Å². The number of hydrogen-bond donors (Lipinski definition) is 0. The number of carbonyl (C=O) groups is 2. The van der Waals surface area contributed by atoms with Gasteiger partial charge in [0.2, 0.25) is 5.91 Å². The standard InChI is InChI=1S/C17H14INO2/c1-10-4-3-5-13(16(10)18)17(21)11-6-7-14-12(8-11)9-15(20)19(14)2/h3-8H,9H2,1-2H3. The Kier molecular flexibility index (Phi) is 3.57. The van der Waals surface area contributed by atoms with Crippen LogP contribution in [0.3, 0.4) is 0 Å². The lowest BCUT2D eigenvalue weighted by Crippen LogP contribution is -2.20. The molecule has 0 fully saturated rings. The molecule has 0 atom stereocenters. The first-order valence-corrected chi connectivity index (χ1v) is 7.76. The van der Waals surface area contributed by atoms with Gasteiger partial charge >= 0.3 is 0 Å². The van der Waals surface area contributed by atoms with Crippen molar-refractivity contribution < 1.29 is 9.59 Å². The number of fused-ring (bicyclic) bond motifs is 1. The van der Waals surface area contributed by atoms with Crippen LogP contribution >= 0.6 is 22.6 Å². The van der Waals surface area contributed by atoms with Crippen molar-refractivity contribution in [1.82, 2.24) is 0 Å². The Hall–Kier alpha value is -1.69. The molecule has 2 aromatic rings. The average Bonchev–Trinajstić information content (AvgIpc) is 2.76. The van der Waals surface area contributed by atoms with Crippen LogP contribution in [0.5, 0.6) is 0 Å². The van der Waals surface area contributed by atoms with E-state index in [1.54, 1.807) is 18.0 Å². The second-order valence-corrected chi connectivity index (χ2v) is 6.32. The predicted molar refractivity (Wildman–Crippen MR) is 90.9 cm³/mol. The van der Waals surface area contributed by atoms with Gasteiger partial charge in [-0.3, -0.25) is 9.59 Å². The second kappa shape index (κ2) is 5.26. The summed E-state index contributed by atoms with van der Waals surface area (Å²) in [7, 11) is 1.76. The third-order valence-electron chi connectivity index (χ3n) is 3.86. The van der Waals surface area contributed by atoms with Crippen LogP contribution in [-0.2, 0) is 11.2 Å². The Morgan fingerprint density at radius 1 is 1.24 bits per heavy atom. The number of carbonyl (C=O) groups excluding carboxylic acids is 2. The van der Waals surface area contributed by atoms with Gasteiger partial charge in [-0.15, -0.1) is 0 Å². The van der Waals surface area contributed by atoms with E-state index in [0.29, 0.717) is 17.5 Å². The van der Waals surface area contributed by atoms with Crippen LogP contribution in [0.4, 0.5) is 5.69 Å². The number of aryl methyl sites for hydroxylation is 1. The largest absolute Gasteiger partial charge is 0.315 e. The molecular weight excluding hydrogens is 377 g/mol. The SMILES string of the molecule is Cc1cccc(C(=O)c2ccc3c(c2)CC(=O)N3C)c1I. The highest BCUT2D eigenvalue weighted by Gasteiger charge is 2.25. The van der Waals surface area contributed by atoms with Gasteiger partial charge in [0.25, 0.3) is 0 Å². The summed E-state index contributed by atoms with van der Waals surface area (Å²) in [6, 6.07) is 11.2. The van der Waals surface area contributed by atoms with Gasteiger partial charge in [0.05, 0.1) is 6.42 Å². The molecule has 2 aromatic carbocycles. The topological polar surface area (TPSA) is 37.4 Å². The molecule has 106 valence electrons. The lowest BCUT2D eigenvalue weighted by Gasteiger charge is -2.11. The van der Waals surface area contributed by atoms with Gasteiger partial charge in [-0.1, -0.05) is 12.1 Å². The molecule has 1 amide bonds. The molecule has 4 heteroatoms. The van der Waals surface area contributed by atoms with E-state index >= 15 is 0 Å². The molecule has 21 heavy (non-hydrogen) atoms. The van der Waals surface area contributed by atoms with Crippen molar-refractivity contribution in [2.24, 2.45) is 0 Å². The zero-order chi connectivity index (χ0) is 15.1. The van der Waals surface area contributed by atoms with E-state index < -0.39 is 0 Å². The van der Waals surface area contributed by atoms with Gasteiger partial charge in [0.1, 0.15) is 0 Å². The molecule has 0 saturated carbocycles. The quantitative estimate of drug-likeness (QED) is 0.582. The lowest BCUT2D eigenvalue weighted by atomic mass is 9.99. The van der Waals surface area contributed by atoms with E-state index in [2.05, 4.69) is 22.6 Å². The summed E-state index contributed by atoms with van der Waals surface area (Å²) in [6.45, 7) is 1.99. The number of hydrogen-bond acceptors (Lipinski definition) is 2. The summed E-state index contributed by atoms with van der Waals surface area (Å²) < 4.78 is 0.980. The maximum absolute atomic E-state index is 12.7. The minimum Gasteiger partial charge on any atom is -0.315 e. The number of ketones is 1. The monoisotopic (exact) mass is 391 g/mol. The molecule has 1 heterocycles. The predicted octanol–water partition coefficient (Wildman–Crippen LogP) is 3.35. The molecule has 0 spiro atoms. The first-order valence-electron chi connectivity index (χ1n) is 6.68. The van der Waals surface area contributed by atoms with Crippen molar-refractivity contribution in [3.05, 3.63) is 62.2 Å². The molecule has 1 aliphatic rings. The smallest absolute Gasteiger partial charge is 0.231 e. The molecule has 0 radical (unpaired) electrons. The van der Waals surface area contributed by atoms with Crippen molar-refractivity contribution in [2.75, 3.05) is 11.9 Å². The molecule has 0 bridgehead atoms. The van der Waals surface area contributed by atoms with Crippen molar-refractivity contribution in [2.45, 2.75) is 13.3 Å². The lowest BCUT2D eigenvalue weighted by molar-refractivity contribution is -0.117. The molecule has 0 N–H and O–H groups in total. The van der Waals surface area contributed by atoms with E-state index in [0.717, 1.165) is 20.4 Å². The Morgan fingerprint density at radius 3 is 2.76 bits per heavy atom. The van der Waals surface area contributed by atoms with Crippen molar-refractivity contribution in [1.29, 1.82) is 0 Å². The Bertz CT molecular complexity index is 767. The fourth-order valence-electron chi connectivity index (χ4n) is 2.59. The van der Waals surface area contributed by atoms with Gasteiger partial charge in [0.15, 0.2) is 5.78 Å². The summed E-state index contributed by atoms with van der Waals surface area (Å²) in [4.78, 5) is 26.0. The number of nitrogens with zero attached hydrogens (tertiary/aromatic N) is 1. The minimum absolute atomic E-state index is 0.00732. The van der Waals surface area contributed by atoms with Crippen LogP contribution in [0.1, 0.15) is 27.0 Å². The molecule has 1 aliphatic heterocycles. The molecular formula is C17H14INO2. The van der Waals surface area contributed by atoms with E-state index in [-0.39, 0.29) is 11.7 Å². The second-order valence-electron chi connectivity index (χ2n) is 5.24. The number of likely N-dealkylation sites (N-methyl/N-ethyl adjacent to an activating group) is 1. The molecule has 0 saturated heterocycles. The van der Waals surface area contributed by atoms with Crippen LogP contribution in [0, 0.1) is 10.5 Å². The third kappa shape index (κ3) is 2.37. The van der Waals surface area contributed by atoms with Gasteiger partial charge in [-0.2, -0.15) is 0 Å². The highest BCUT2D eigenvalue weighted by atomic mass is 127. The number of rotatable bonds is 2. The minimum atomic E-state index is 0.00732. The summed E-state index contributed by atoms with van der Waals surface area (Å²) in [6.07, 6.45) is 0.373. The first kappa shape index (κ1) is 14.3. The summed E-state index contributed by atoms with van der Waals surface area (Å²) in [5.74, 6) is 0.0765. The Labute approximate surface area is 137 Å². The van der Waals surface area contributed by atoms with Crippen molar-refractivity contribution in [3.8, 4) is 0 Å². The highest BCUT2D eigenvalue weighted by molar-refractivity contribution is 14.1. The third-order valence-corrected chi connectivity index (χ3v) is 5.29. The van der Waals surface area contributed by atoms with Gasteiger partial charge in [-0.05, 0) is 64.9 Å². The molecule has 3 nitrogen and oxygen atoms in total. The van der Waals surface area contributed by atoms with E-state index in [1.807, 2.05) is 37.3 Å². The summed E-state index contributed by atoms with van der Waals surface area (Å²) >= 11 is 2.21. The molecule has 0 aliphatic carbocycles. The highest BCUT2D eigenvalue weighted by Crippen LogP contribution is 2.29. The van der Waals surface area contributed by atoms with Crippen LogP contribution in [0.2, 0.25) is 0 Å².